The van der Waals surface area contributed by atoms with Crippen LogP contribution in [0, 0.1) is 24.2 Å². The van der Waals surface area contributed by atoms with E-state index in [2.05, 4.69) is 52.9 Å². The first-order valence-electron chi connectivity index (χ1n) is 9.81. The van der Waals surface area contributed by atoms with Crippen molar-refractivity contribution in [3.8, 4) is 6.07 Å². The van der Waals surface area contributed by atoms with Gasteiger partial charge in [0.25, 0.3) is 0 Å². The summed E-state index contributed by atoms with van der Waals surface area (Å²) in [4.78, 5) is 4.33. The highest BCUT2D eigenvalue weighted by molar-refractivity contribution is 14.0. The van der Waals surface area contributed by atoms with Gasteiger partial charge in [0.05, 0.1) is 17.7 Å². The van der Waals surface area contributed by atoms with Crippen LogP contribution in [0.4, 0.5) is 0 Å². The molecule has 0 spiro atoms. The number of rotatable bonds is 5. The monoisotopic (exact) mass is 504 g/mol. The molecular weight excluding hydrogens is 475 g/mol. The van der Waals surface area contributed by atoms with Crippen LogP contribution in [0.1, 0.15) is 41.2 Å². The molecule has 0 saturated carbocycles. The average molecular weight is 504 g/mol. The zero-order valence-electron chi connectivity index (χ0n) is 17.0. The first-order valence-corrected chi connectivity index (χ1v) is 9.81. The summed E-state index contributed by atoms with van der Waals surface area (Å²) in [6.45, 7) is 4.35. The van der Waals surface area contributed by atoms with Crippen LogP contribution in [0.5, 0.6) is 0 Å². The second-order valence-corrected chi connectivity index (χ2v) is 7.22. The molecule has 1 heterocycles. The van der Waals surface area contributed by atoms with Crippen molar-refractivity contribution < 1.29 is 4.74 Å². The SMILES string of the molecule is CN=C(NCc1cccc(C#N)c1)NCC1CCCOC1c1ccc(C)cc1.I. The van der Waals surface area contributed by atoms with Crippen molar-refractivity contribution in [2.24, 2.45) is 10.9 Å². The smallest absolute Gasteiger partial charge is 0.191 e. The van der Waals surface area contributed by atoms with Gasteiger partial charge >= 0.3 is 0 Å². The van der Waals surface area contributed by atoms with Crippen molar-refractivity contribution in [2.75, 3.05) is 20.2 Å². The molecule has 0 aliphatic carbocycles. The molecular formula is C23H29IN4O. The van der Waals surface area contributed by atoms with Gasteiger partial charge in [0, 0.05) is 32.7 Å². The zero-order chi connectivity index (χ0) is 19.8. The van der Waals surface area contributed by atoms with Crippen molar-refractivity contribution in [3.05, 3.63) is 70.8 Å². The lowest BCUT2D eigenvalue weighted by atomic mass is 9.89. The summed E-state index contributed by atoms with van der Waals surface area (Å²) >= 11 is 0. The van der Waals surface area contributed by atoms with Gasteiger partial charge in [0.15, 0.2) is 5.96 Å². The van der Waals surface area contributed by atoms with E-state index in [-0.39, 0.29) is 30.1 Å². The van der Waals surface area contributed by atoms with Crippen LogP contribution in [0.25, 0.3) is 0 Å². The molecule has 0 amide bonds. The summed E-state index contributed by atoms with van der Waals surface area (Å²) in [5.41, 5.74) is 4.23. The number of hydrogen-bond donors (Lipinski definition) is 2. The molecule has 154 valence electrons. The lowest BCUT2D eigenvalue weighted by Crippen LogP contribution is -2.41. The summed E-state index contributed by atoms with van der Waals surface area (Å²) in [5.74, 6) is 1.16. The number of aryl methyl sites for hydroxylation is 1. The quantitative estimate of drug-likeness (QED) is 0.362. The van der Waals surface area contributed by atoms with Crippen LogP contribution in [0.3, 0.4) is 0 Å². The van der Waals surface area contributed by atoms with Gasteiger partial charge in [-0.2, -0.15) is 5.26 Å². The van der Waals surface area contributed by atoms with Gasteiger partial charge in [-0.25, -0.2) is 0 Å². The topological polar surface area (TPSA) is 69.4 Å². The second-order valence-electron chi connectivity index (χ2n) is 7.22. The molecule has 2 unspecified atom stereocenters. The van der Waals surface area contributed by atoms with Crippen LogP contribution >= 0.6 is 24.0 Å². The highest BCUT2D eigenvalue weighted by atomic mass is 127. The largest absolute Gasteiger partial charge is 0.373 e. The van der Waals surface area contributed by atoms with Gasteiger partial charge in [-0.1, -0.05) is 42.0 Å². The van der Waals surface area contributed by atoms with Crippen LogP contribution in [0.2, 0.25) is 0 Å². The fourth-order valence-electron chi connectivity index (χ4n) is 3.56. The number of guanidine groups is 1. The number of nitrogens with zero attached hydrogens (tertiary/aromatic N) is 2. The normalized spacial score (nSPS) is 19.0. The summed E-state index contributed by atoms with van der Waals surface area (Å²) in [5, 5.41) is 15.8. The first kappa shape index (κ1) is 23.2. The Labute approximate surface area is 190 Å². The third kappa shape index (κ3) is 6.72. The number of halogens is 1. The van der Waals surface area contributed by atoms with Gasteiger partial charge in [-0.15, -0.1) is 24.0 Å². The van der Waals surface area contributed by atoms with E-state index in [0.29, 0.717) is 18.0 Å². The van der Waals surface area contributed by atoms with E-state index in [1.165, 1.54) is 11.1 Å². The molecule has 0 aromatic heterocycles. The molecule has 2 atom stereocenters. The Morgan fingerprint density at radius 1 is 1.21 bits per heavy atom. The number of hydrogen-bond acceptors (Lipinski definition) is 3. The lowest BCUT2D eigenvalue weighted by Gasteiger charge is -2.32. The Morgan fingerprint density at radius 2 is 2.00 bits per heavy atom. The Balaban J connectivity index is 0.00000300. The Hall–Kier alpha value is -2.11. The number of ether oxygens (including phenoxy) is 1. The van der Waals surface area contributed by atoms with Gasteiger partial charge in [0.2, 0.25) is 0 Å². The number of benzene rings is 2. The molecule has 0 radical (unpaired) electrons. The summed E-state index contributed by atoms with van der Waals surface area (Å²) < 4.78 is 6.11. The fourth-order valence-corrected chi connectivity index (χ4v) is 3.56. The van der Waals surface area contributed by atoms with Crippen LogP contribution in [-0.4, -0.2) is 26.2 Å². The standard InChI is InChI=1S/C23H28N4O.HI/c1-17-8-10-20(11-9-17)22-21(7-4-12-28-22)16-27-23(25-2)26-15-19-6-3-5-18(13-19)14-24;/h3,5-6,8-11,13,21-22H,4,7,12,15-16H2,1-2H3,(H2,25,26,27);1H. The maximum absolute atomic E-state index is 9.03. The highest BCUT2D eigenvalue weighted by Gasteiger charge is 2.27. The van der Waals surface area contributed by atoms with Crippen molar-refractivity contribution in [1.29, 1.82) is 5.26 Å². The van der Waals surface area contributed by atoms with E-state index in [9.17, 15) is 0 Å². The van der Waals surface area contributed by atoms with Crippen molar-refractivity contribution in [2.45, 2.75) is 32.4 Å². The summed E-state index contributed by atoms with van der Waals surface area (Å²) in [6, 6.07) is 18.4. The lowest BCUT2D eigenvalue weighted by molar-refractivity contribution is -0.0265. The third-order valence-corrected chi connectivity index (χ3v) is 5.12. The molecule has 2 aromatic rings. The minimum absolute atomic E-state index is 0. The predicted molar refractivity (Wildman–Crippen MR) is 127 cm³/mol. The van der Waals surface area contributed by atoms with Gasteiger partial charge in [-0.05, 0) is 43.0 Å². The average Bonchev–Trinajstić information content (AvgIpc) is 2.75. The molecule has 5 nitrogen and oxygen atoms in total. The molecule has 0 bridgehead atoms. The molecule has 1 saturated heterocycles. The van der Waals surface area contributed by atoms with E-state index < -0.39 is 0 Å². The number of nitrogens with one attached hydrogen (secondary N) is 2. The van der Waals surface area contributed by atoms with Gasteiger partial charge in [-0.3, -0.25) is 4.99 Å². The van der Waals surface area contributed by atoms with Gasteiger partial charge in [0.1, 0.15) is 0 Å². The van der Waals surface area contributed by atoms with Gasteiger partial charge < -0.3 is 15.4 Å². The second kappa shape index (κ2) is 11.8. The molecule has 29 heavy (non-hydrogen) atoms. The van der Waals surface area contributed by atoms with Crippen molar-refractivity contribution >= 4 is 29.9 Å². The Bertz CT molecular complexity index is 845. The van der Waals surface area contributed by atoms with E-state index in [0.717, 1.165) is 37.5 Å². The van der Waals surface area contributed by atoms with Crippen LogP contribution in [-0.2, 0) is 11.3 Å². The summed E-state index contributed by atoms with van der Waals surface area (Å²) in [6.07, 6.45) is 2.33. The van der Waals surface area contributed by atoms with Crippen LogP contribution in [0.15, 0.2) is 53.5 Å². The molecule has 3 rings (SSSR count). The van der Waals surface area contributed by atoms with Crippen molar-refractivity contribution in [3.63, 3.8) is 0 Å². The van der Waals surface area contributed by atoms with E-state index >= 15 is 0 Å². The number of nitriles is 1. The maximum atomic E-state index is 9.03. The summed E-state index contributed by atoms with van der Waals surface area (Å²) in [7, 11) is 1.77. The Morgan fingerprint density at radius 3 is 2.72 bits per heavy atom. The molecule has 6 heteroatoms. The predicted octanol–water partition coefficient (Wildman–Crippen LogP) is 4.32. The van der Waals surface area contributed by atoms with E-state index in [4.69, 9.17) is 10.00 Å². The molecule has 1 aliphatic heterocycles. The highest BCUT2D eigenvalue weighted by Crippen LogP contribution is 2.33. The minimum Gasteiger partial charge on any atom is -0.373 e. The minimum atomic E-state index is 0. The molecule has 2 aromatic carbocycles. The molecule has 1 fully saturated rings. The molecule has 2 N–H and O–H groups in total. The first-order chi connectivity index (χ1) is 13.7. The van der Waals surface area contributed by atoms with Crippen molar-refractivity contribution in [1.82, 2.24) is 10.6 Å². The zero-order valence-corrected chi connectivity index (χ0v) is 19.4. The van der Waals surface area contributed by atoms with E-state index in [1.807, 2.05) is 24.3 Å². The molecule has 1 aliphatic rings. The van der Waals surface area contributed by atoms with Crippen LogP contribution < -0.4 is 10.6 Å². The number of aliphatic imine (C=N–C) groups is 1. The Kier molecular flexibility index (Phi) is 9.42. The fraction of sp³-hybridized carbons (Fsp3) is 0.391. The maximum Gasteiger partial charge on any atom is 0.191 e. The third-order valence-electron chi connectivity index (χ3n) is 5.12. The van der Waals surface area contributed by atoms with E-state index in [1.54, 1.807) is 7.05 Å².